The molecule has 0 aliphatic carbocycles. The minimum Gasteiger partial charge on any atom is -0.481 e. The number of rotatable bonds is 38. The summed E-state index contributed by atoms with van der Waals surface area (Å²) in [5.74, 6) is -15.4. The van der Waals surface area contributed by atoms with Crippen molar-refractivity contribution in [3.8, 4) is 0 Å². The number of carboxylic acid groups (broad SMARTS) is 4. The highest BCUT2D eigenvalue weighted by atomic mass is 32.2. The number of nitrogens with two attached hydrogens (primary N) is 5. The molecule has 0 aliphatic heterocycles. The fourth-order valence-corrected chi connectivity index (χ4v) is 6.81. The van der Waals surface area contributed by atoms with E-state index in [0.717, 1.165) is 13.8 Å². The van der Waals surface area contributed by atoms with Crippen LogP contribution in [-0.2, 0) is 62.3 Å². The smallest absolute Gasteiger partial charge is 0.326 e. The van der Waals surface area contributed by atoms with Crippen molar-refractivity contribution in [2.45, 2.75) is 139 Å². The maximum absolute atomic E-state index is 14.1. The Labute approximate surface area is 428 Å². The van der Waals surface area contributed by atoms with Crippen molar-refractivity contribution >= 4 is 101 Å². The molecule has 0 fully saturated rings. The third-order valence-electron chi connectivity index (χ3n) is 10.1. The van der Waals surface area contributed by atoms with Gasteiger partial charge in [0.25, 0.3) is 0 Å². The van der Waals surface area contributed by atoms with Gasteiger partial charge in [-0.05, 0) is 70.3 Å². The summed E-state index contributed by atoms with van der Waals surface area (Å²) in [6.45, 7) is 2.06. The SMILES string of the molecule is CSCC[C@H](NC(=O)[C@H](CCC(=O)O)NC(=O)[C@H](CCC(=O)O)NC(C)=O)C(=O)N[C@@H](CCC(=O)O)C(=O)N[C@@H](CCCN=C(N)N)C(=O)N[C@@H](CCCN=C(N)N)C(=O)N[C@@H](C)C(=O)N[C@@H](CC(N)=O)C(=O)O. The number of carboxylic acids is 4. The van der Waals surface area contributed by atoms with E-state index >= 15 is 0 Å². The molecule has 0 saturated carbocycles. The van der Waals surface area contributed by atoms with Gasteiger partial charge in [0.05, 0.1) is 6.42 Å². The van der Waals surface area contributed by atoms with Crippen molar-refractivity contribution in [3.63, 3.8) is 0 Å². The Morgan fingerprint density at radius 1 is 0.446 bits per heavy atom. The maximum atomic E-state index is 14.1. The van der Waals surface area contributed by atoms with Crippen LogP contribution in [0.1, 0.15) is 90.9 Å². The van der Waals surface area contributed by atoms with Crippen LogP contribution in [0.15, 0.2) is 9.98 Å². The van der Waals surface area contributed by atoms with E-state index in [4.69, 9.17) is 33.8 Å². The molecular weight excluding hydrogens is 1010 g/mol. The number of hydrogen-bond donors (Lipinski definition) is 17. The van der Waals surface area contributed by atoms with E-state index in [1.165, 1.54) is 11.8 Å². The van der Waals surface area contributed by atoms with Gasteiger partial charge in [0.1, 0.15) is 48.3 Å². The zero-order valence-electron chi connectivity index (χ0n) is 41.0. The molecule has 9 amide bonds. The molecule has 74 heavy (non-hydrogen) atoms. The summed E-state index contributed by atoms with van der Waals surface area (Å²) in [7, 11) is 0. The molecule has 0 aromatic carbocycles. The van der Waals surface area contributed by atoms with E-state index < -0.39 is 170 Å². The van der Waals surface area contributed by atoms with Crippen LogP contribution in [0.4, 0.5) is 0 Å². The van der Waals surface area contributed by atoms with Crippen molar-refractivity contribution in [2.75, 3.05) is 25.1 Å². The Hall–Kier alpha value is -8.00. The topological polar surface area (TPSA) is 554 Å². The summed E-state index contributed by atoms with van der Waals surface area (Å²) in [6, 6.07) is -12.8. The zero-order chi connectivity index (χ0) is 56.7. The molecule has 0 aromatic rings. The Bertz CT molecular complexity index is 2070. The molecule has 0 rings (SSSR count). The van der Waals surface area contributed by atoms with Gasteiger partial charge in [0, 0.05) is 39.3 Å². The van der Waals surface area contributed by atoms with Crippen molar-refractivity contribution in [2.24, 2.45) is 38.7 Å². The predicted octanol–water partition coefficient (Wildman–Crippen LogP) is -6.68. The largest absolute Gasteiger partial charge is 0.481 e. The highest BCUT2D eigenvalue weighted by molar-refractivity contribution is 7.98. The third kappa shape index (κ3) is 29.4. The van der Waals surface area contributed by atoms with E-state index in [0.29, 0.717) is 0 Å². The molecule has 0 aromatic heterocycles. The lowest BCUT2D eigenvalue weighted by atomic mass is 10.0. The molecule has 0 bridgehead atoms. The maximum Gasteiger partial charge on any atom is 0.326 e. The summed E-state index contributed by atoms with van der Waals surface area (Å²) in [6.07, 6.45) is -3.31. The van der Waals surface area contributed by atoms with Gasteiger partial charge in [0.15, 0.2) is 11.9 Å². The average molecular weight is 1080 g/mol. The first kappa shape index (κ1) is 66.0. The average Bonchev–Trinajstić information content (AvgIpc) is 3.29. The third-order valence-corrected chi connectivity index (χ3v) is 10.7. The number of hydrogen-bond acceptors (Lipinski definition) is 16. The second-order valence-electron chi connectivity index (χ2n) is 16.3. The summed E-state index contributed by atoms with van der Waals surface area (Å²) in [5, 5.41) is 56.0. The summed E-state index contributed by atoms with van der Waals surface area (Å²) in [4.78, 5) is 172. The van der Waals surface area contributed by atoms with E-state index in [-0.39, 0.29) is 62.9 Å². The molecule has 0 aliphatic rings. The molecule has 0 unspecified atom stereocenters. The van der Waals surface area contributed by atoms with Gasteiger partial charge >= 0.3 is 23.9 Å². The molecule has 0 spiro atoms. The second-order valence-corrected chi connectivity index (χ2v) is 17.3. The normalized spacial score (nSPS) is 13.9. The predicted molar refractivity (Wildman–Crippen MR) is 262 cm³/mol. The first-order chi connectivity index (χ1) is 34.6. The molecule has 33 heteroatoms. The minimum absolute atomic E-state index is 0.00941. The van der Waals surface area contributed by atoms with Gasteiger partial charge in [-0.3, -0.25) is 67.5 Å². The van der Waals surface area contributed by atoms with Crippen LogP contribution < -0.4 is 71.2 Å². The Morgan fingerprint density at radius 3 is 1.05 bits per heavy atom. The van der Waals surface area contributed by atoms with Gasteiger partial charge in [-0.1, -0.05) is 0 Å². The molecule has 416 valence electrons. The lowest BCUT2D eigenvalue weighted by molar-refractivity contribution is -0.143. The van der Waals surface area contributed by atoms with Crippen molar-refractivity contribution in [1.82, 2.24) is 42.5 Å². The molecule has 0 radical (unpaired) electrons. The second kappa shape index (κ2) is 35.2. The number of guanidine groups is 2. The van der Waals surface area contributed by atoms with Crippen LogP contribution in [-0.4, -0.2) is 183 Å². The monoisotopic (exact) mass is 1080 g/mol. The standard InChI is InChI=1S/C41H69N15O17S/c1-19(32(65)56-27(39(72)73)18-28(42)58)49-33(66)21(6-4-15-47-40(43)44)51-34(67)22(7-5-16-48-41(45)46)52-36(69)24(9-12-30(61)62)54-38(71)26(14-17-74-3)55-37(70)25(10-13-31(63)64)53-35(68)23(50-20(2)57)8-11-29(59)60/h19,21-27H,4-18H2,1-3H3,(H2,42,58)(H,49,66)(H,50,57)(H,51,67)(H,52,69)(H,53,68)(H,54,71)(H,55,70)(H,56,65)(H,59,60)(H,61,62)(H,63,64)(H,72,73)(H4,43,44,47)(H4,45,46,48)/t19-,21-,22-,23-,24-,25-,26-,27-/m0/s1. The number of aliphatic imine (C=N–C) groups is 2. The van der Waals surface area contributed by atoms with Crippen molar-refractivity contribution < 1.29 is 82.8 Å². The number of aliphatic carboxylic acids is 4. The van der Waals surface area contributed by atoms with E-state index in [2.05, 4.69) is 52.5 Å². The van der Waals surface area contributed by atoms with Gasteiger partial charge in [-0.2, -0.15) is 11.8 Å². The van der Waals surface area contributed by atoms with Gasteiger partial charge in [-0.25, -0.2) is 4.79 Å². The quantitative estimate of drug-likeness (QED) is 0.0155. The van der Waals surface area contributed by atoms with Gasteiger partial charge in [0.2, 0.25) is 53.2 Å². The molecule has 32 nitrogen and oxygen atoms in total. The van der Waals surface area contributed by atoms with Crippen molar-refractivity contribution in [3.05, 3.63) is 0 Å². The first-order valence-corrected chi connectivity index (χ1v) is 24.1. The van der Waals surface area contributed by atoms with E-state index in [9.17, 15) is 77.6 Å². The van der Waals surface area contributed by atoms with Crippen LogP contribution in [0.5, 0.6) is 0 Å². The highest BCUT2D eigenvalue weighted by Crippen LogP contribution is 2.10. The van der Waals surface area contributed by atoms with Crippen molar-refractivity contribution in [1.29, 1.82) is 0 Å². The Balaban J connectivity index is 6.92. The van der Waals surface area contributed by atoms with Gasteiger partial charge < -0.3 is 91.6 Å². The summed E-state index contributed by atoms with van der Waals surface area (Å²) in [5.41, 5.74) is 26.7. The Kier molecular flexibility index (Phi) is 31.4. The minimum atomic E-state index is -1.75. The van der Waals surface area contributed by atoms with Gasteiger partial charge in [-0.15, -0.1) is 0 Å². The fourth-order valence-electron chi connectivity index (χ4n) is 6.34. The zero-order valence-corrected chi connectivity index (χ0v) is 41.8. The molecule has 0 heterocycles. The lowest BCUT2D eigenvalue weighted by Gasteiger charge is -2.28. The molecule has 0 saturated heterocycles. The number of carbonyl (C=O) groups excluding carboxylic acids is 9. The summed E-state index contributed by atoms with van der Waals surface area (Å²) >= 11 is 1.21. The number of carbonyl (C=O) groups is 13. The highest BCUT2D eigenvalue weighted by Gasteiger charge is 2.35. The molecular formula is C41H69N15O17S. The first-order valence-electron chi connectivity index (χ1n) is 22.7. The van der Waals surface area contributed by atoms with Crippen LogP contribution in [0, 0.1) is 0 Å². The van der Waals surface area contributed by atoms with Crippen LogP contribution in [0.2, 0.25) is 0 Å². The number of nitrogens with zero attached hydrogens (tertiary/aromatic N) is 2. The summed E-state index contributed by atoms with van der Waals surface area (Å²) < 4.78 is 0. The van der Waals surface area contributed by atoms with Crippen LogP contribution in [0.25, 0.3) is 0 Å². The Morgan fingerprint density at radius 2 is 0.757 bits per heavy atom. The lowest BCUT2D eigenvalue weighted by Crippen LogP contribution is -2.60. The number of primary amides is 1. The van der Waals surface area contributed by atoms with Crippen LogP contribution in [0.3, 0.4) is 0 Å². The number of nitrogens with one attached hydrogen (secondary N) is 8. The number of thioether (sulfide) groups is 1. The molecule has 8 atom stereocenters. The fraction of sp³-hybridized carbons (Fsp3) is 0.634. The molecule has 22 N–H and O–H groups in total. The number of amides is 9. The van der Waals surface area contributed by atoms with E-state index in [1.54, 1.807) is 6.26 Å². The van der Waals surface area contributed by atoms with Crippen LogP contribution >= 0.6 is 11.8 Å². The van der Waals surface area contributed by atoms with E-state index in [1.807, 2.05) is 0 Å².